The summed E-state index contributed by atoms with van der Waals surface area (Å²) in [6.07, 6.45) is -0.294. The summed E-state index contributed by atoms with van der Waals surface area (Å²) in [7, 11) is 2.03. The molecule has 3 nitrogen and oxygen atoms in total. The second kappa shape index (κ2) is 5.95. The molecule has 2 unspecified atom stereocenters. The van der Waals surface area contributed by atoms with Crippen molar-refractivity contribution in [1.29, 1.82) is 0 Å². The van der Waals surface area contributed by atoms with Gasteiger partial charge in [0.05, 0.1) is 5.92 Å². The molecule has 4 heteroatoms. The average molecular weight is 312 g/mol. The van der Waals surface area contributed by atoms with Crippen LogP contribution in [0.25, 0.3) is 0 Å². The third-order valence-corrected chi connectivity index (χ3v) is 3.74. The fourth-order valence-electron chi connectivity index (χ4n) is 2.40. The summed E-state index contributed by atoms with van der Waals surface area (Å²) in [5.74, 6) is 0.117. The van der Waals surface area contributed by atoms with E-state index >= 15 is 0 Å². The van der Waals surface area contributed by atoms with E-state index in [4.69, 9.17) is 4.74 Å². The SMILES string of the molecule is CCOC1CN(C)CC(c2cccc(Br)c2)C1=O. The van der Waals surface area contributed by atoms with Crippen molar-refractivity contribution in [3.8, 4) is 0 Å². The first kappa shape index (κ1) is 13.7. The molecule has 1 saturated heterocycles. The molecular formula is C14H18BrNO2. The van der Waals surface area contributed by atoms with Crippen LogP contribution < -0.4 is 0 Å². The Bertz CT molecular complexity index is 436. The van der Waals surface area contributed by atoms with Gasteiger partial charge in [0.2, 0.25) is 0 Å². The Morgan fingerprint density at radius 1 is 1.44 bits per heavy atom. The molecule has 1 heterocycles. The zero-order chi connectivity index (χ0) is 13.1. The molecule has 0 aromatic heterocycles. The molecule has 1 aromatic rings. The first-order chi connectivity index (χ1) is 8.61. The van der Waals surface area contributed by atoms with Gasteiger partial charge in [-0.1, -0.05) is 28.1 Å². The van der Waals surface area contributed by atoms with Crippen LogP contribution in [0.1, 0.15) is 18.4 Å². The molecule has 2 rings (SSSR count). The van der Waals surface area contributed by atoms with E-state index in [-0.39, 0.29) is 17.8 Å². The number of hydrogen-bond acceptors (Lipinski definition) is 3. The van der Waals surface area contributed by atoms with Crippen LogP contribution in [0, 0.1) is 0 Å². The number of hydrogen-bond donors (Lipinski definition) is 0. The molecule has 0 N–H and O–H groups in total. The van der Waals surface area contributed by atoms with Crippen molar-refractivity contribution < 1.29 is 9.53 Å². The van der Waals surface area contributed by atoms with Crippen LogP contribution >= 0.6 is 15.9 Å². The van der Waals surface area contributed by atoms with E-state index in [0.29, 0.717) is 13.2 Å². The smallest absolute Gasteiger partial charge is 0.171 e. The van der Waals surface area contributed by atoms with Crippen molar-refractivity contribution in [3.63, 3.8) is 0 Å². The fraction of sp³-hybridized carbons (Fsp3) is 0.500. The Hall–Kier alpha value is -0.710. The van der Waals surface area contributed by atoms with E-state index in [2.05, 4.69) is 20.8 Å². The number of rotatable bonds is 3. The molecule has 0 aliphatic carbocycles. The molecular weight excluding hydrogens is 294 g/mol. The number of piperidine rings is 1. The number of Topliss-reactive ketones (excluding diaryl/α,β-unsaturated/α-hetero) is 1. The standard InChI is InChI=1S/C14H18BrNO2/c1-3-18-13-9-16(2)8-12(14(13)17)10-5-4-6-11(15)7-10/h4-7,12-13H,3,8-9H2,1-2H3. The van der Waals surface area contributed by atoms with Crippen LogP contribution in [-0.2, 0) is 9.53 Å². The molecule has 0 saturated carbocycles. The van der Waals surface area contributed by atoms with Gasteiger partial charge in [0.15, 0.2) is 5.78 Å². The number of nitrogens with zero attached hydrogens (tertiary/aromatic N) is 1. The monoisotopic (exact) mass is 311 g/mol. The van der Waals surface area contributed by atoms with Gasteiger partial charge in [-0.3, -0.25) is 4.79 Å². The van der Waals surface area contributed by atoms with Gasteiger partial charge in [-0.05, 0) is 31.7 Å². The van der Waals surface area contributed by atoms with Crippen molar-refractivity contribution >= 4 is 21.7 Å². The highest BCUT2D eigenvalue weighted by Crippen LogP contribution is 2.26. The van der Waals surface area contributed by atoms with E-state index in [1.807, 2.05) is 38.2 Å². The third-order valence-electron chi connectivity index (χ3n) is 3.25. The van der Waals surface area contributed by atoms with Crippen molar-refractivity contribution in [2.75, 3.05) is 26.7 Å². The first-order valence-electron chi connectivity index (χ1n) is 6.21. The van der Waals surface area contributed by atoms with Crippen LogP contribution in [-0.4, -0.2) is 43.5 Å². The molecule has 1 fully saturated rings. The van der Waals surface area contributed by atoms with Gasteiger partial charge in [0, 0.05) is 24.2 Å². The maximum atomic E-state index is 12.4. The van der Waals surface area contributed by atoms with Crippen molar-refractivity contribution in [2.24, 2.45) is 0 Å². The normalized spacial score (nSPS) is 25.4. The molecule has 0 bridgehead atoms. The second-order valence-electron chi connectivity index (χ2n) is 4.68. The molecule has 2 atom stereocenters. The Kier molecular flexibility index (Phi) is 4.54. The fourth-order valence-corrected chi connectivity index (χ4v) is 2.82. The van der Waals surface area contributed by atoms with Crippen molar-refractivity contribution in [1.82, 2.24) is 4.90 Å². The lowest BCUT2D eigenvalue weighted by Gasteiger charge is -2.34. The van der Waals surface area contributed by atoms with Crippen molar-refractivity contribution in [3.05, 3.63) is 34.3 Å². The van der Waals surface area contributed by atoms with E-state index in [9.17, 15) is 4.79 Å². The Morgan fingerprint density at radius 3 is 2.89 bits per heavy atom. The Labute approximate surface area is 116 Å². The maximum Gasteiger partial charge on any atom is 0.171 e. The number of likely N-dealkylation sites (N-methyl/N-ethyl adjacent to an activating group) is 1. The van der Waals surface area contributed by atoms with Crippen LogP contribution in [0.3, 0.4) is 0 Å². The minimum absolute atomic E-state index is 0.0854. The zero-order valence-corrected chi connectivity index (χ0v) is 12.3. The van der Waals surface area contributed by atoms with Gasteiger partial charge in [-0.2, -0.15) is 0 Å². The molecule has 0 spiro atoms. The molecule has 1 aliphatic heterocycles. The second-order valence-corrected chi connectivity index (χ2v) is 5.59. The van der Waals surface area contributed by atoms with Crippen LogP contribution in [0.5, 0.6) is 0 Å². The minimum atomic E-state index is -0.294. The predicted molar refractivity (Wildman–Crippen MR) is 74.8 cm³/mol. The quantitative estimate of drug-likeness (QED) is 0.859. The lowest BCUT2D eigenvalue weighted by molar-refractivity contribution is -0.137. The zero-order valence-electron chi connectivity index (χ0n) is 10.7. The van der Waals surface area contributed by atoms with Crippen LogP contribution in [0.2, 0.25) is 0 Å². The largest absolute Gasteiger partial charge is 0.369 e. The van der Waals surface area contributed by atoms with E-state index in [1.165, 1.54) is 0 Å². The summed E-state index contributed by atoms with van der Waals surface area (Å²) >= 11 is 3.45. The van der Waals surface area contributed by atoms with Crippen molar-refractivity contribution in [2.45, 2.75) is 18.9 Å². The number of carbonyl (C=O) groups is 1. The summed E-state index contributed by atoms with van der Waals surface area (Å²) in [6.45, 7) is 3.96. The molecule has 1 aromatic carbocycles. The summed E-state index contributed by atoms with van der Waals surface area (Å²) < 4.78 is 6.55. The summed E-state index contributed by atoms with van der Waals surface area (Å²) in [5.41, 5.74) is 1.06. The van der Waals surface area contributed by atoms with E-state index in [1.54, 1.807) is 0 Å². The topological polar surface area (TPSA) is 29.5 Å². The highest BCUT2D eigenvalue weighted by atomic mass is 79.9. The highest BCUT2D eigenvalue weighted by molar-refractivity contribution is 9.10. The summed E-state index contributed by atoms with van der Waals surface area (Å²) in [6, 6.07) is 7.97. The predicted octanol–water partition coefficient (Wildman–Crippen LogP) is 2.45. The third kappa shape index (κ3) is 2.99. The number of ketones is 1. The van der Waals surface area contributed by atoms with Crippen LogP contribution in [0.15, 0.2) is 28.7 Å². The van der Waals surface area contributed by atoms with Crippen LogP contribution in [0.4, 0.5) is 0 Å². The summed E-state index contributed by atoms with van der Waals surface area (Å²) in [5, 5.41) is 0. The van der Waals surface area contributed by atoms with E-state index in [0.717, 1.165) is 16.6 Å². The number of halogens is 1. The van der Waals surface area contributed by atoms with Gasteiger partial charge in [-0.15, -0.1) is 0 Å². The van der Waals surface area contributed by atoms with Gasteiger partial charge in [-0.25, -0.2) is 0 Å². The van der Waals surface area contributed by atoms with Gasteiger partial charge < -0.3 is 9.64 Å². The van der Waals surface area contributed by atoms with Gasteiger partial charge >= 0.3 is 0 Å². The maximum absolute atomic E-state index is 12.4. The van der Waals surface area contributed by atoms with Gasteiger partial charge in [0.25, 0.3) is 0 Å². The number of ether oxygens (including phenoxy) is 1. The molecule has 18 heavy (non-hydrogen) atoms. The first-order valence-corrected chi connectivity index (χ1v) is 7.00. The Balaban J connectivity index is 2.23. The molecule has 0 amide bonds. The highest BCUT2D eigenvalue weighted by Gasteiger charge is 2.35. The summed E-state index contributed by atoms with van der Waals surface area (Å²) in [4.78, 5) is 14.6. The number of likely N-dealkylation sites (tertiary alicyclic amines) is 1. The molecule has 98 valence electrons. The molecule has 0 radical (unpaired) electrons. The number of carbonyl (C=O) groups excluding carboxylic acids is 1. The van der Waals surface area contributed by atoms with E-state index < -0.39 is 0 Å². The lowest BCUT2D eigenvalue weighted by Crippen LogP contribution is -2.48. The van der Waals surface area contributed by atoms with Gasteiger partial charge in [0.1, 0.15) is 6.10 Å². The minimum Gasteiger partial charge on any atom is -0.369 e. The Morgan fingerprint density at radius 2 is 2.22 bits per heavy atom. The lowest BCUT2D eigenvalue weighted by atomic mass is 9.88. The average Bonchev–Trinajstić information content (AvgIpc) is 2.33. The molecule has 1 aliphatic rings. The number of benzene rings is 1.